The first kappa shape index (κ1) is 12.4. The molecule has 0 atom stereocenters. The summed E-state index contributed by atoms with van der Waals surface area (Å²) in [6, 6.07) is 1.55. The van der Waals surface area contributed by atoms with Crippen LogP contribution in [0.3, 0.4) is 0 Å². The molecule has 5 nitrogen and oxygen atoms in total. The van der Waals surface area contributed by atoms with Gasteiger partial charge in [0.1, 0.15) is 0 Å². The molecular formula is C10H12Cl2N4O. The molecule has 92 valence electrons. The lowest BCUT2D eigenvalue weighted by atomic mass is 10.4. The minimum Gasteiger partial charge on any atom is -0.373 e. The molecule has 0 spiro atoms. The van der Waals surface area contributed by atoms with Gasteiger partial charge in [0.2, 0.25) is 5.91 Å². The highest BCUT2D eigenvalue weighted by molar-refractivity contribution is 6.33. The summed E-state index contributed by atoms with van der Waals surface area (Å²) in [6.45, 7) is 1.87. The second-order valence-electron chi connectivity index (χ2n) is 3.81. The van der Waals surface area contributed by atoms with Crippen molar-refractivity contribution in [2.24, 2.45) is 0 Å². The lowest BCUT2D eigenvalue weighted by Gasteiger charge is -2.16. The van der Waals surface area contributed by atoms with Gasteiger partial charge in [0, 0.05) is 19.2 Å². The fourth-order valence-electron chi connectivity index (χ4n) is 1.73. The summed E-state index contributed by atoms with van der Waals surface area (Å²) < 4.78 is 0. The number of halogens is 2. The van der Waals surface area contributed by atoms with Gasteiger partial charge in [-0.05, 0) is 12.8 Å². The Kier molecular flexibility index (Phi) is 4.02. The smallest absolute Gasteiger partial charge is 0.241 e. The number of nitrogens with one attached hydrogen (secondary N) is 1. The van der Waals surface area contributed by atoms with Gasteiger partial charge in [-0.3, -0.25) is 4.79 Å². The summed E-state index contributed by atoms with van der Waals surface area (Å²) in [5.74, 6) is 0.0616. The maximum Gasteiger partial charge on any atom is 0.241 e. The van der Waals surface area contributed by atoms with Gasteiger partial charge in [-0.1, -0.05) is 23.2 Å². The van der Waals surface area contributed by atoms with E-state index in [0.29, 0.717) is 5.69 Å². The molecule has 0 aliphatic carbocycles. The molecule has 1 saturated heterocycles. The average Bonchev–Trinajstić information content (AvgIpc) is 2.83. The molecule has 2 heterocycles. The van der Waals surface area contributed by atoms with E-state index in [-0.39, 0.29) is 22.8 Å². The Labute approximate surface area is 109 Å². The van der Waals surface area contributed by atoms with Crippen LogP contribution in [0.5, 0.6) is 0 Å². The highest BCUT2D eigenvalue weighted by Gasteiger charge is 2.17. The largest absolute Gasteiger partial charge is 0.373 e. The molecule has 1 aliphatic heterocycles. The number of anilines is 1. The molecule has 1 aromatic rings. The number of hydrogen-bond acceptors (Lipinski definition) is 4. The second kappa shape index (κ2) is 5.51. The van der Waals surface area contributed by atoms with E-state index in [0.717, 1.165) is 25.9 Å². The van der Waals surface area contributed by atoms with Crippen LogP contribution in [0, 0.1) is 0 Å². The van der Waals surface area contributed by atoms with Gasteiger partial charge < -0.3 is 10.2 Å². The van der Waals surface area contributed by atoms with E-state index in [2.05, 4.69) is 15.5 Å². The van der Waals surface area contributed by atoms with E-state index in [1.807, 2.05) is 4.90 Å². The van der Waals surface area contributed by atoms with Crippen molar-refractivity contribution in [3.05, 3.63) is 16.4 Å². The fourth-order valence-corrected chi connectivity index (χ4v) is 2.03. The Balaban J connectivity index is 1.92. The zero-order valence-electron chi connectivity index (χ0n) is 9.12. The first-order valence-electron chi connectivity index (χ1n) is 5.37. The molecule has 0 radical (unpaired) electrons. The predicted molar refractivity (Wildman–Crippen MR) is 66.4 cm³/mol. The lowest BCUT2D eigenvalue weighted by molar-refractivity contribution is -0.128. The Morgan fingerprint density at radius 1 is 1.35 bits per heavy atom. The quantitative estimate of drug-likeness (QED) is 0.914. The van der Waals surface area contributed by atoms with Crippen LogP contribution >= 0.6 is 23.2 Å². The summed E-state index contributed by atoms with van der Waals surface area (Å²) in [5, 5.41) is 10.6. The third kappa shape index (κ3) is 3.20. The Morgan fingerprint density at radius 2 is 2.06 bits per heavy atom. The molecule has 1 N–H and O–H groups in total. The Hall–Kier alpha value is -1.07. The van der Waals surface area contributed by atoms with Gasteiger partial charge >= 0.3 is 0 Å². The highest BCUT2D eigenvalue weighted by atomic mass is 35.5. The molecule has 2 rings (SSSR count). The van der Waals surface area contributed by atoms with E-state index < -0.39 is 0 Å². The number of hydrogen-bond donors (Lipinski definition) is 1. The summed E-state index contributed by atoms with van der Waals surface area (Å²) in [5.41, 5.74) is 0.527. The molecule has 0 unspecified atom stereocenters. The van der Waals surface area contributed by atoms with Crippen molar-refractivity contribution in [3.8, 4) is 0 Å². The van der Waals surface area contributed by atoms with Crippen LogP contribution in [0.25, 0.3) is 0 Å². The van der Waals surface area contributed by atoms with Crippen LogP contribution in [0.4, 0.5) is 5.69 Å². The van der Waals surface area contributed by atoms with Gasteiger partial charge in [0.15, 0.2) is 10.3 Å². The van der Waals surface area contributed by atoms with E-state index >= 15 is 0 Å². The van der Waals surface area contributed by atoms with Crippen molar-refractivity contribution in [2.75, 3.05) is 25.0 Å². The van der Waals surface area contributed by atoms with Crippen molar-refractivity contribution in [3.63, 3.8) is 0 Å². The van der Waals surface area contributed by atoms with E-state index in [9.17, 15) is 4.79 Å². The Bertz CT molecular complexity index is 421. The third-order valence-corrected chi connectivity index (χ3v) is 3.07. The van der Waals surface area contributed by atoms with Crippen molar-refractivity contribution >= 4 is 34.8 Å². The zero-order valence-corrected chi connectivity index (χ0v) is 10.6. The number of rotatable bonds is 3. The lowest BCUT2D eigenvalue weighted by Crippen LogP contribution is -2.33. The summed E-state index contributed by atoms with van der Waals surface area (Å²) in [6.07, 6.45) is 2.16. The molecule has 0 aromatic carbocycles. The van der Waals surface area contributed by atoms with Gasteiger partial charge in [-0.2, -0.15) is 0 Å². The number of carbonyl (C=O) groups excluding carboxylic acids is 1. The third-order valence-electron chi connectivity index (χ3n) is 2.61. The molecule has 1 aromatic heterocycles. The average molecular weight is 275 g/mol. The maximum atomic E-state index is 11.8. The number of likely N-dealkylation sites (tertiary alicyclic amines) is 1. The summed E-state index contributed by atoms with van der Waals surface area (Å²) >= 11 is 11.5. The molecule has 17 heavy (non-hydrogen) atoms. The molecule has 0 bridgehead atoms. The molecule has 1 fully saturated rings. The maximum absolute atomic E-state index is 11.8. The number of aromatic nitrogens is 2. The van der Waals surface area contributed by atoms with Gasteiger partial charge in [0.05, 0.1) is 12.2 Å². The fraction of sp³-hybridized carbons (Fsp3) is 0.500. The standard InChI is InChI=1S/C10H12Cl2N4O/c11-8-5-7(10(12)15-14-8)13-6-9(17)16-3-1-2-4-16/h5H,1-4,6H2,(H,13,14). The number of nitrogens with zero attached hydrogens (tertiary/aromatic N) is 3. The van der Waals surface area contributed by atoms with Crippen molar-refractivity contribution in [1.29, 1.82) is 0 Å². The second-order valence-corrected chi connectivity index (χ2v) is 4.56. The molecular weight excluding hydrogens is 263 g/mol. The highest BCUT2D eigenvalue weighted by Crippen LogP contribution is 2.20. The van der Waals surface area contributed by atoms with Crippen molar-refractivity contribution < 1.29 is 4.79 Å². The number of carbonyl (C=O) groups is 1. The summed E-state index contributed by atoms with van der Waals surface area (Å²) in [4.78, 5) is 13.6. The molecule has 7 heteroatoms. The van der Waals surface area contributed by atoms with Crippen molar-refractivity contribution in [2.45, 2.75) is 12.8 Å². The minimum absolute atomic E-state index is 0.0616. The van der Waals surface area contributed by atoms with Crippen LogP contribution in [-0.2, 0) is 4.79 Å². The van der Waals surface area contributed by atoms with Crippen LogP contribution in [0.15, 0.2) is 6.07 Å². The van der Waals surface area contributed by atoms with Gasteiger partial charge in [-0.25, -0.2) is 0 Å². The normalized spacial score (nSPS) is 15.1. The monoisotopic (exact) mass is 274 g/mol. The van der Waals surface area contributed by atoms with Crippen LogP contribution in [0.1, 0.15) is 12.8 Å². The zero-order chi connectivity index (χ0) is 12.3. The Morgan fingerprint density at radius 3 is 2.76 bits per heavy atom. The van der Waals surface area contributed by atoms with E-state index in [4.69, 9.17) is 23.2 Å². The topological polar surface area (TPSA) is 58.1 Å². The van der Waals surface area contributed by atoms with Gasteiger partial charge in [0.25, 0.3) is 0 Å². The molecule has 1 amide bonds. The summed E-state index contributed by atoms with van der Waals surface area (Å²) in [7, 11) is 0. The number of amides is 1. The van der Waals surface area contributed by atoms with Crippen LogP contribution < -0.4 is 5.32 Å². The minimum atomic E-state index is 0.0616. The first-order chi connectivity index (χ1) is 8.16. The van der Waals surface area contributed by atoms with Crippen LogP contribution in [-0.4, -0.2) is 40.6 Å². The molecule has 0 saturated carbocycles. The van der Waals surface area contributed by atoms with Crippen LogP contribution in [0.2, 0.25) is 10.3 Å². The van der Waals surface area contributed by atoms with E-state index in [1.165, 1.54) is 0 Å². The SMILES string of the molecule is O=C(CNc1cc(Cl)nnc1Cl)N1CCCC1. The van der Waals surface area contributed by atoms with Gasteiger partial charge in [-0.15, -0.1) is 10.2 Å². The van der Waals surface area contributed by atoms with Crippen molar-refractivity contribution in [1.82, 2.24) is 15.1 Å². The predicted octanol–water partition coefficient (Wildman–Crippen LogP) is 1.82. The van der Waals surface area contributed by atoms with E-state index in [1.54, 1.807) is 6.07 Å². The first-order valence-corrected chi connectivity index (χ1v) is 6.13. The molecule has 1 aliphatic rings.